The summed E-state index contributed by atoms with van der Waals surface area (Å²) in [5.74, 6) is 0.939. The van der Waals surface area contributed by atoms with Crippen molar-refractivity contribution in [3.8, 4) is 5.75 Å². The standard InChI is InChI=1S/C25H30ClFN6O/c1-16(2)34-23-13-17(33-12-11-18(15-33)32(3)4)9-10-22(23)30-25-28-14-19(26)24(31-25)29-21-8-6-5-7-20(21)27/h5-10,13-14,16,18H,11-12,15H2,1-4H3,(H2,28,29,30,31)/t18-/m0/s1. The Balaban J connectivity index is 1.57. The molecule has 0 radical (unpaired) electrons. The van der Waals surface area contributed by atoms with Gasteiger partial charge in [0.25, 0.3) is 0 Å². The molecule has 0 amide bonds. The van der Waals surface area contributed by atoms with Crippen molar-refractivity contribution in [3.05, 3.63) is 59.5 Å². The third kappa shape index (κ3) is 5.69. The minimum atomic E-state index is -0.395. The topological polar surface area (TPSA) is 65.6 Å². The van der Waals surface area contributed by atoms with E-state index >= 15 is 0 Å². The fraction of sp³-hybridized carbons (Fsp3) is 0.360. The van der Waals surface area contributed by atoms with Gasteiger partial charge in [0, 0.05) is 30.9 Å². The second kappa shape index (κ2) is 10.4. The van der Waals surface area contributed by atoms with Gasteiger partial charge >= 0.3 is 0 Å². The number of aromatic nitrogens is 2. The summed E-state index contributed by atoms with van der Waals surface area (Å²) in [6.07, 6.45) is 2.60. The van der Waals surface area contributed by atoms with Crippen LogP contribution in [0.3, 0.4) is 0 Å². The highest BCUT2D eigenvalue weighted by Crippen LogP contribution is 2.35. The summed E-state index contributed by atoms with van der Waals surface area (Å²) in [6.45, 7) is 5.96. The van der Waals surface area contributed by atoms with E-state index in [2.05, 4.69) is 56.6 Å². The van der Waals surface area contributed by atoms with E-state index in [-0.39, 0.29) is 16.8 Å². The highest BCUT2D eigenvalue weighted by Gasteiger charge is 2.25. The molecule has 180 valence electrons. The van der Waals surface area contributed by atoms with Crippen molar-refractivity contribution >= 4 is 40.4 Å². The maximum atomic E-state index is 14.1. The Morgan fingerprint density at radius 1 is 1.15 bits per heavy atom. The second-order valence-electron chi connectivity index (χ2n) is 8.82. The zero-order valence-electron chi connectivity index (χ0n) is 19.8. The summed E-state index contributed by atoms with van der Waals surface area (Å²) in [6, 6.07) is 13.0. The molecular weight excluding hydrogens is 455 g/mol. The first-order chi connectivity index (χ1) is 16.3. The summed E-state index contributed by atoms with van der Waals surface area (Å²) < 4.78 is 20.2. The van der Waals surface area contributed by atoms with Crippen LogP contribution in [-0.2, 0) is 0 Å². The molecule has 1 aromatic heterocycles. The number of ether oxygens (including phenoxy) is 1. The summed E-state index contributed by atoms with van der Waals surface area (Å²) in [5, 5.41) is 6.44. The second-order valence-corrected chi connectivity index (χ2v) is 9.23. The molecule has 2 aromatic carbocycles. The molecule has 7 nitrogen and oxygen atoms in total. The van der Waals surface area contributed by atoms with Crippen LogP contribution < -0.4 is 20.3 Å². The van der Waals surface area contributed by atoms with Gasteiger partial charge in [0.15, 0.2) is 5.82 Å². The van der Waals surface area contributed by atoms with Gasteiger partial charge in [-0.2, -0.15) is 4.98 Å². The van der Waals surface area contributed by atoms with E-state index in [0.717, 1.165) is 30.9 Å². The zero-order valence-corrected chi connectivity index (χ0v) is 20.6. The SMILES string of the molecule is CC(C)Oc1cc(N2CC[C@H](N(C)C)C2)ccc1Nc1ncc(Cl)c(Nc2ccccc2F)n1. The molecule has 34 heavy (non-hydrogen) atoms. The highest BCUT2D eigenvalue weighted by molar-refractivity contribution is 6.32. The Bertz CT molecular complexity index is 1140. The molecule has 0 bridgehead atoms. The summed E-state index contributed by atoms with van der Waals surface area (Å²) in [7, 11) is 4.24. The Morgan fingerprint density at radius 3 is 2.65 bits per heavy atom. The molecule has 1 fully saturated rings. The molecule has 1 aliphatic rings. The van der Waals surface area contributed by atoms with Crippen LogP contribution in [0.15, 0.2) is 48.7 Å². The number of hydrogen-bond acceptors (Lipinski definition) is 7. The Labute approximate surface area is 204 Å². The highest BCUT2D eigenvalue weighted by atomic mass is 35.5. The molecule has 0 spiro atoms. The maximum Gasteiger partial charge on any atom is 0.229 e. The number of anilines is 5. The first-order valence-corrected chi connectivity index (χ1v) is 11.7. The molecule has 0 saturated carbocycles. The molecule has 9 heteroatoms. The van der Waals surface area contributed by atoms with Gasteiger partial charge in [-0.05, 0) is 58.6 Å². The van der Waals surface area contributed by atoms with Crippen molar-refractivity contribution in [1.82, 2.24) is 14.9 Å². The van der Waals surface area contributed by atoms with Crippen molar-refractivity contribution in [3.63, 3.8) is 0 Å². The van der Waals surface area contributed by atoms with Crippen molar-refractivity contribution in [2.45, 2.75) is 32.4 Å². The van der Waals surface area contributed by atoms with Crippen LogP contribution in [0.1, 0.15) is 20.3 Å². The molecule has 1 aliphatic heterocycles. The van der Waals surface area contributed by atoms with Crippen molar-refractivity contribution in [1.29, 1.82) is 0 Å². The van der Waals surface area contributed by atoms with E-state index in [1.165, 1.54) is 12.3 Å². The van der Waals surface area contributed by atoms with Crippen molar-refractivity contribution < 1.29 is 9.13 Å². The number of nitrogens with zero attached hydrogens (tertiary/aromatic N) is 4. The molecule has 4 rings (SSSR count). The van der Waals surface area contributed by atoms with Crippen molar-refractivity contribution in [2.24, 2.45) is 0 Å². The predicted octanol–water partition coefficient (Wildman–Crippen LogP) is 5.68. The van der Waals surface area contributed by atoms with Gasteiger partial charge in [-0.25, -0.2) is 9.37 Å². The minimum absolute atomic E-state index is 0.00618. The number of nitrogens with one attached hydrogen (secondary N) is 2. The number of hydrogen-bond donors (Lipinski definition) is 2. The maximum absolute atomic E-state index is 14.1. The summed E-state index contributed by atoms with van der Waals surface area (Å²) >= 11 is 6.26. The van der Waals surface area contributed by atoms with E-state index in [1.807, 2.05) is 19.9 Å². The summed E-state index contributed by atoms with van der Waals surface area (Å²) in [4.78, 5) is 13.4. The van der Waals surface area contributed by atoms with Crippen LogP contribution in [0.4, 0.5) is 33.2 Å². The van der Waals surface area contributed by atoms with Gasteiger partial charge in [0.2, 0.25) is 5.95 Å². The van der Waals surface area contributed by atoms with Crippen molar-refractivity contribution in [2.75, 3.05) is 42.7 Å². The quantitative estimate of drug-likeness (QED) is 0.426. The predicted molar refractivity (Wildman–Crippen MR) is 137 cm³/mol. The average Bonchev–Trinajstić information content (AvgIpc) is 3.29. The third-order valence-corrected chi connectivity index (χ3v) is 5.98. The molecule has 0 unspecified atom stereocenters. The van der Waals surface area contributed by atoms with E-state index in [1.54, 1.807) is 18.2 Å². The number of benzene rings is 2. The van der Waals surface area contributed by atoms with Gasteiger partial charge in [0.1, 0.15) is 16.6 Å². The Morgan fingerprint density at radius 2 is 1.94 bits per heavy atom. The molecule has 0 aliphatic carbocycles. The molecule has 3 aromatic rings. The van der Waals surface area contributed by atoms with Crippen LogP contribution >= 0.6 is 11.6 Å². The van der Waals surface area contributed by atoms with E-state index in [0.29, 0.717) is 23.6 Å². The van der Waals surface area contributed by atoms with Crippen LogP contribution in [0, 0.1) is 5.82 Å². The first-order valence-electron chi connectivity index (χ1n) is 11.3. The van der Waals surface area contributed by atoms with Gasteiger partial charge in [-0.15, -0.1) is 0 Å². The van der Waals surface area contributed by atoms with Gasteiger partial charge in [-0.3, -0.25) is 0 Å². The van der Waals surface area contributed by atoms with Gasteiger partial charge in [-0.1, -0.05) is 23.7 Å². The molecular formula is C25H30ClFN6O. The first kappa shape index (κ1) is 24.0. The third-order valence-electron chi connectivity index (χ3n) is 5.70. The number of likely N-dealkylation sites (N-methyl/N-ethyl adjacent to an activating group) is 1. The lowest BCUT2D eigenvalue weighted by Crippen LogP contribution is -2.31. The van der Waals surface area contributed by atoms with E-state index in [9.17, 15) is 4.39 Å². The lowest BCUT2D eigenvalue weighted by molar-refractivity contribution is 0.244. The lowest BCUT2D eigenvalue weighted by Gasteiger charge is -2.23. The number of para-hydroxylation sites is 1. The van der Waals surface area contributed by atoms with Gasteiger partial charge < -0.3 is 25.2 Å². The molecule has 2 N–H and O–H groups in total. The van der Waals surface area contributed by atoms with Crippen LogP contribution in [-0.4, -0.2) is 54.2 Å². The van der Waals surface area contributed by atoms with Crippen LogP contribution in [0.25, 0.3) is 0 Å². The summed E-state index contributed by atoms with van der Waals surface area (Å²) in [5.41, 5.74) is 2.13. The fourth-order valence-electron chi connectivity index (χ4n) is 3.89. The van der Waals surface area contributed by atoms with E-state index < -0.39 is 5.82 Å². The largest absolute Gasteiger partial charge is 0.489 e. The Hall–Kier alpha value is -3.10. The molecule has 1 saturated heterocycles. The van der Waals surface area contributed by atoms with E-state index in [4.69, 9.17) is 16.3 Å². The number of rotatable bonds is 8. The normalized spacial score (nSPS) is 15.8. The monoisotopic (exact) mass is 484 g/mol. The smallest absolute Gasteiger partial charge is 0.229 e. The lowest BCUT2D eigenvalue weighted by atomic mass is 10.2. The Kier molecular flexibility index (Phi) is 7.38. The molecule has 1 atom stereocenters. The van der Waals surface area contributed by atoms with Gasteiger partial charge in [0.05, 0.1) is 23.7 Å². The average molecular weight is 485 g/mol. The number of halogens is 2. The molecule has 2 heterocycles. The fourth-order valence-corrected chi connectivity index (χ4v) is 4.02. The van der Waals surface area contributed by atoms with Crippen LogP contribution in [0.2, 0.25) is 5.02 Å². The van der Waals surface area contributed by atoms with Crippen LogP contribution in [0.5, 0.6) is 5.75 Å². The minimum Gasteiger partial charge on any atom is -0.489 e. The zero-order chi connectivity index (χ0) is 24.2.